The standard InChI is InChI=1S/C16H14ClN3O2S/c1-9-13(15(21)19-12-5-3-2-4-11(12)17)14(20-16(22)18-9)10-6-7-23-8-10/h2-8,13-14H,1H2,(H,19,21)(H2,18,20,22)/t13-,14+/m0/s1. The van der Waals surface area contributed by atoms with Crippen molar-refractivity contribution in [1.82, 2.24) is 10.6 Å². The third-order valence-electron chi connectivity index (χ3n) is 3.59. The average molecular weight is 348 g/mol. The van der Waals surface area contributed by atoms with Crippen molar-refractivity contribution in [2.75, 3.05) is 5.32 Å². The van der Waals surface area contributed by atoms with E-state index in [-0.39, 0.29) is 11.9 Å². The maximum atomic E-state index is 12.7. The lowest BCUT2D eigenvalue weighted by molar-refractivity contribution is -0.119. The second-order valence-corrected chi connectivity index (χ2v) is 6.29. The summed E-state index contributed by atoms with van der Waals surface area (Å²) >= 11 is 7.58. The smallest absolute Gasteiger partial charge is 0.319 e. The minimum atomic E-state index is -0.640. The van der Waals surface area contributed by atoms with Crippen molar-refractivity contribution < 1.29 is 9.59 Å². The minimum absolute atomic E-state index is 0.285. The van der Waals surface area contributed by atoms with E-state index in [4.69, 9.17) is 11.6 Å². The van der Waals surface area contributed by atoms with Crippen LogP contribution >= 0.6 is 22.9 Å². The second-order valence-electron chi connectivity index (χ2n) is 5.10. The molecule has 118 valence electrons. The predicted octanol–water partition coefficient (Wildman–Crippen LogP) is 3.52. The summed E-state index contributed by atoms with van der Waals surface area (Å²) in [7, 11) is 0. The molecule has 3 rings (SSSR count). The van der Waals surface area contributed by atoms with Gasteiger partial charge in [0.25, 0.3) is 0 Å². The number of para-hydroxylation sites is 1. The third-order valence-corrected chi connectivity index (χ3v) is 4.62. The van der Waals surface area contributed by atoms with Crippen LogP contribution in [0.15, 0.2) is 53.4 Å². The number of benzene rings is 1. The van der Waals surface area contributed by atoms with Gasteiger partial charge in [-0.25, -0.2) is 4.79 Å². The third kappa shape index (κ3) is 3.23. The van der Waals surface area contributed by atoms with Crippen LogP contribution in [0, 0.1) is 5.92 Å². The van der Waals surface area contributed by atoms with Gasteiger partial charge in [0, 0.05) is 5.70 Å². The first-order valence-corrected chi connectivity index (χ1v) is 8.22. The minimum Gasteiger partial charge on any atom is -0.330 e. The maximum Gasteiger partial charge on any atom is 0.319 e. The Bertz CT molecular complexity index is 760. The molecule has 1 aromatic heterocycles. The fraction of sp³-hybridized carbons (Fsp3) is 0.125. The fourth-order valence-electron chi connectivity index (χ4n) is 2.50. The zero-order valence-electron chi connectivity index (χ0n) is 12.0. The van der Waals surface area contributed by atoms with Crippen LogP contribution in [0.5, 0.6) is 0 Å². The SMILES string of the molecule is C=C1NC(=O)N[C@H](c2ccsc2)[C@H]1C(=O)Nc1ccccc1Cl. The highest BCUT2D eigenvalue weighted by Gasteiger charge is 2.38. The summed E-state index contributed by atoms with van der Waals surface area (Å²) in [5.41, 5.74) is 1.74. The number of amides is 3. The summed E-state index contributed by atoms with van der Waals surface area (Å²) in [5.74, 6) is -0.926. The molecule has 3 N–H and O–H groups in total. The number of anilines is 1. The first kappa shape index (κ1) is 15.6. The number of hydrogen-bond donors (Lipinski definition) is 3. The van der Waals surface area contributed by atoms with E-state index in [0.717, 1.165) is 5.56 Å². The van der Waals surface area contributed by atoms with Gasteiger partial charge in [-0.3, -0.25) is 4.79 Å². The number of urea groups is 1. The lowest BCUT2D eigenvalue weighted by atomic mass is 9.89. The van der Waals surface area contributed by atoms with Crippen molar-refractivity contribution in [2.24, 2.45) is 5.92 Å². The Kier molecular flexibility index (Phi) is 4.36. The molecule has 1 aromatic carbocycles. The summed E-state index contributed by atoms with van der Waals surface area (Å²) in [5, 5.41) is 12.4. The van der Waals surface area contributed by atoms with Gasteiger partial charge < -0.3 is 16.0 Å². The van der Waals surface area contributed by atoms with E-state index in [2.05, 4.69) is 22.5 Å². The predicted molar refractivity (Wildman–Crippen MR) is 91.4 cm³/mol. The van der Waals surface area contributed by atoms with Crippen molar-refractivity contribution in [3.8, 4) is 0 Å². The molecule has 0 radical (unpaired) electrons. The van der Waals surface area contributed by atoms with Crippen molar-refractivity contribution in [3.05, 3.63) is 64.0 Å². The molecule has 1 fully saturated rings. The van der Waals surface area contributed by atoms with Gasteiger partial charge in [0.15, 0.2) is 0 Å². The molecule has 1 saturated heterocycles. The Morgan fingerprint density at radius 1 is 1.30 bits per heavy atom. The summed E-state index contributed by atoms with van der Waals surface area (Å²) in [6.45, 7) is 3.83. The van der Waals surface area contributed by atoms with Crippen LogP contribution in [0.25, 0.3) is 0 Å². The first-order chi connectivity index (χ1) is 11.1. The second kappa shape index (κ2) is 6.44. The molecule has 23 heavy (non-hydrogen) atoms. The Morgan fingerprint density at radius 2 is 2.09 bits per heavy atom. The summed E-state index contributed by atoms with van der Waals surface area (Å²) in [6, 6.07) is 8.03. The highest BCUT2D eigenvalue weighted by Crippen LogP contribution is 2.32. The van der Waals surface area contributed by atoms with Crippen LogP contribution in [0.2, 0.25) is 5.02 Å². The number of carbonyl (C=O) groups is 2. The van der Waals surface area contributed by atoms with E-state index in [1.165, 1.54) is 11.3 Å². The molecule has 1 aliphatic heterocycles. The first-order valence-electron chi connectivity index (χ1n) is 6.90. The van der Waals surface area contributed by atoms with Gasteiger partial charge in [0.1, 0.15) is 5.92 Å². The molecule has 2 heterocycles. The monoisotopic (exact) mass is 347 g/mol. The molecule has 7 heteroatoms. The van der Waals surface area contributed by atoms with Gasteiger partial charge >= 0.3 is 6.03 Å². The molecule has 2 aromatic rings. The summed E-state index contributed by atoms with van der Waals surface area (Å²) in [4.78, 5) is 24.5. The Balaban J connectivity index is 1.88. The molecule has 0 aliphatic carbocycles. The number of rotatable bonds is 3. The molecular formula is C16H14ClN3O2S. The molecule has 0 saturated carbocycles. The number of thiophene rings is 1. The van der Waals surface area contributed by atoms with Gasteiger partial charge in [-0.15, -0.1) is 0 Å². The topological polar surface area (TPSA) is 70.2 Å². The van der Waals surface area contributed by atoms with E-state index in [1.807, 2.05) is 16.8 Å². The number of nitrogens with one attached hydrogen (secondary N) is 3. The van der Waals surface area contributed by atoms with Gasteiger partial charge in [-0.05, 0) is 34.5 Å². The van der Waals surface area contributed by atoms with Crippen LogP contribution < -0.4 is 16.0 Å². The van der Waals surface area contributed by atoms with Crippen LogP contribution in [0.3, 0.4) is 0 Å². The molecule has 0 unspecified atom stereocenters. The van der Waals surface area contributed by atoms with Crippen LogP contribution in [-0.2, 0) is 4.79 Å². The molecule has 2 atom stereocenters. The molecule has 0 spiro atoms. The molecule has 1 aliphatic rings. The maximum absolute atomic E-state index is 12.7. The average Bonchev–Trinajstić information content (AvgIpc) is 3.03. The van der Waals surface area contributed by atoms with Crippen molar-refractivity contribution in [1.29, 1.82) is 0 Å². The van der Waals surface area contributed by atoms with Gasteiger partial charge in [-0.2, -0.15) is 11.3 Å². The van der Waals surface area contributed by atoms with Gasteiger partial charge in [0.2, 0.25) is 5.91 Å². The highest BCUT2D eigenvalue weighted by molar-refractivity contribution is 7.08. The van der Waals surface area contributed by atoms with E-state index >= 15 is 0 Å². The highest BCUT2D eigenvalue weighted by atomic mass is 35.5. The van der Waals surface area contributed by atoms with Crippen molar-refractivity contribution >= 4 is 40.6 Å². The zero-order chi connectivity index (χ0) is 16.4. The summed E-state index contributed by atoms with van der Waals surface area (Å²) in [6.07, 6.45) is 0. The molecular weight excluding hydrogens is 334 g/mol. The van der Waals surface area contributed by atoms with E-state index in [1.54, 1.807) is 24.3 Å². The molecule has 3 amide bonds. The number of halogens is 1. The molecule has 0 bridgehead atoms. The Hall–Kier alpha value is -2.31. The Morgan fingerprint density at radius 3 is 2.78 bits per heavy atom. The Labute approximate surface area is 142 Å². The fourth-order valence-corrected chi connectivity index (χ4v) is 3.38. The van der Waals surface area contributed by atoms with Crippen molar-refractivity contribution in [3.63, 3.8) is 0 Å². The van der Waals surface area contributed by atoms with Gasteiger partial charge in [-0.1, -0.05) is 30.3 Å². The van der Waals surface area contributed by atoms with Crippen LogP contribution in [-0.4, -0.2) is 11.9 Å². The molecule has 5 nitrogen and oxygen atoms in total. The van der Waals surface area contributed by atoms with E-state index < -0.39 is 12.0 Å². The normalized spacial score (nSPS) is 20.6. The van der Waals surface area contributed by atoms with E-state index in [9.17, 15) is 9.59 Å². The quantitative estimate of drug-likeness (QED) is 0.795. The largest absolute Gasteiger partial charge is 0.330 e. The van der Waals surface area contributed by atoms with Crippen LogP contribution in [0.1, 0.15) is 11.6 Å². The van der Waals surface area contributed by atoms with Crippen LogP contribution in [0.4, 0.5) is 10.5 Å². The number of hydrogen-bond acceptors (Lipinski definition) is 3. The number of carbonyl (C=O) groups excluding carboxylic acids is 2. The summed E-state index contributed by atoms with van der Waals surface area (Å²) < 4.78 is 0. The van der Waals surface area contributed by atoms with Crippen molar-refractivity contribution in [2.45, 2.75) is 6.04 Å². The lowest BCUT2D eigenvalue weighted by Crippen LogP contribution is -2.51. The zero-order valence-corrected chi connectivity index (χ0v) is 13.6. The van der Waals surface area contributed by atoms with E-state index in [0.29, 0.717) is 16.4 Å². The van der Waals surface area contributed by atoms with Gasteiger partial charge in [0.05, 0.1) is 16.8 Å². The lowest BCUT2D eigenvalue weighted by Gasteiger charge is -2.33.